The third-order valence-corrected chi connectivity index (χ3v) is 4.42. The van der Waals surface area contributed by atoms with Crippen LogP contribution in [0.5, 0.6) is 0 Å². The highest BCUT2D eigenvalue weighted by Crippen LogP contribution is 2.21. The number of halogens is 2. The van der Waals surface area contributed by atoms with Crippen molar-refractivity contribution >= 4 is 47.3 Å². The van der Waals surface area contributed by atoms with Crippen LogP contribution in [0.1, 0.15) is 6.42 Å². The molecule has 1 saturated heterocycles. The number of aromatic nitrogens is 1. The third kappa shape index (κ3) is 6.14. The van der Waals surface area contributed by atoms with Crippen molar-refractivity contribution in [3.8, 4) is 0 Å². The van der Waals surface area contributed by atoms with E-state index in [-0.39, 0.29) is 30.7 Å². The number of nitrogens with one attached hydrogen (secondary N) is 2. The minimum atomic E-state index is 0. The van der Waals surface area contributed by atoms with E-state index in [1.54, 1.807) is 0 Å². The summed E-state index contributed by atoms with van der Waals surface area (Å²) in [5.74, 6) is 0.0375. The molecule has 8 heteroatoms. The Labute approximate surface area is 167 Å². The SMILES string of the molecule is CNCCC(=O)Nc1ccc2c(ccn2CCN2CCOCC2)c1.Cl.Cl. The molecule has 0 atom stereocenters. The zero-order valence-corrected chi connectivity index (χ0v) is 16.7. The minimum absolute atomic E-state index is 0. The number of ether oxygens (including phenoxy) is 1. The van der Waals surface area contributed by atoms with Crippen LogP contribution in [0.2, 0.25) is 0 Å². The maximum Gasteiger partial charge on any atom is 0.225 e. The first kappa shape index (κ1) is 22.7. The predicted molar refractivity (Wildman–Crippen MR) is 111 cm³/mol. The average molecular weight is 403 g/mol. The van der Waals surface area contributed by atoms with Crippen LogP contribution in [0.3, 0.4) is 0 Å². The summed E-state index contributed by atoms with van der Waals surface area (Å²) < 4.78 is 7.66. The number of benzene rings is 1. The van der Waals surface area contributed by atoms with E-state index in [9.17, 15) is 4.79 Å². The zero-order valence-electron chi connectivity index (χ0n) is 15.1. The Morgan fingerprint density at radius 2 is 1.92 bits per heavy atom. The van der Waals surface area contributed by atoms with Gasteiger partial charge in [-0.2, -0.15) is 0 Å². The predicted octanol–water partition coefficient (Wildman–Crippen LogP) is 2.37. The highest BCUT2D eigenvalue weighted by molar-refractivity contribution is 5.94. The second-order valence-electron chi connectivity index (χ2n) is 6.14. The molecule has 2 heterocycles. The van der Waals surface area contributed by atoms with Crippen LogP contribution in [0, 0.1) is 0 Å². The Morgan fingerprint density at radius 3 is 2.65 bits per heavy atom. The molecule has 1 aliphatic heterocycles. The first-order valence-corrected chi connectivity index (χ1v) is 8.60. The summed E-state index contributed by atoms with van der Waals surface area (Å²) >= 11 is 0. The smallest absolute Gasteiger partial charge is 0.225 e. The van der Waals surface area contributed by atoms with Gasteiger partial charge in [0.2, 0.25) is 5.91 Å². The van der Waals surface area contributed by atoms with Gasteiger partial charge in [-0.15, -0.1) is 24.8 Å². The van der Waals surface area contributed by atoms with E-state index in [2.05, 4.69) is 38.4 Å². The highest BCUT2D eigenvalue weighted by atomic mass is 35.5. The molecule has 2 N–H and O–H groups in total. The fourth-order valence-electron chi connectivity index (χ4n) is 3.01. The topological polar surface area (TPSA) is 58.5 Å². The van der Waals surface area contributed by atoms with Gasteiger partial charge in [-0.25, -0.2) is 0 Å². The summed E-state index contributed by atoms with van der Waals surface area (Å²) in [6, 6.07) is 8.21. The summed E-state index contributed by atoms with van der Waals surface area (Å²) in [5, 5.41) is 7.09. The van der Waals surface area contributed by atoms with Gasteiger partial charge in [-0.05, 0) is 31.3 Å². The summed E-state index contributed by atoms with van der Waals surface area (Å²) in [6.45, 7) is 6.40. The summed E-state index contributed by atoms with van der Waals surface area (Å²) in [7, 11) is 1.85. The number of nitrogens with zero attached hydrogens (tertiary/aromatic N) is 2. The molecule has 6 nitrogen and oxygen atoms in total. The molecule has 0 radical (unpaired) electrons. The van der Waals surface area contributed by atoms with Crippen LogP contribution in [-0.4, -0.2) is 61.8 Å². The largest absolute Gasteiger partial charge is 0.379 e. The fraction of sp³-hybridized carbons (Fsp3) is 0.500. The molecule has 26 heavy (non-hydrogen) atoms. The van der Waals surface area contributed by atoms with Crippen molar-refractivity contribution in [3.63, 3.8) is 0 Å². The first-order valence-electron chi connectivity index (χ1n) is 8.60. The highest BCUT2D eigenvalue weighted by Gasteiger charge is 2.11. The van der Waals surface area contributed by atoms with Crippen LogP contribution < -0.4 is 10.6 Å². The lowest BCUT2D eigenvalue weighted by Gasteiger charge is -2.26. The van der Waals surface area contributed by atoms with Gasteiger partial charge < -0.3 is 19.9 Å². The molecular formula is C18H28Cl2N4O2. The average Bonchev–Trinajstić information content (AvgIpc) is 3.01. The Bertz CT molecular complexity index is 687. The lowest BCUT2D eigenvalue weighted by molar-refractivity contribution is -0.116. The van der Waals surface area contributed by atoms with E-state index >= 15 is 0 Å². The summed E-state index contributed by atoms with van der Waals surface area (Å²) in [5.41, 5.74) is 2.06. The van der Waals surface area contributed by atoms with Crippen molar-refractivity contribution in [1.29, 1.82) is 0 Å². The summed E-state index contributed by atoms with van der Waals surface area (Å²) in [6.07, 6.45) is 2.60. The maximum absolute atomic E-state index is 11.8. The van der Waals surface area contributed by atoms with Crippen molar-refractivity contribution in [1.82, 2.24) is 14.8 Å². The van der Waals surface area contributed by atoms with Crippen molar-refractivity contribution in [2.75, 3.05) is 51.8 Å². The molecule has 1 fully saturated rings. The normalized spacial score (nSPS) is 14.5. The van der Waals surface area contributed by atoms with Gasteiger partial charge in [0.05, 0.1) is 13.2 Å². The fourth-order valence-corrected chi connectivity index (χ4v) is 3.01. The number of rotatable bonds is 7. The maximum atomic E-state index is 11.8. The van der Waals surface area contributed by atoms with Crippen LogP contribution in [-0.2, 0) is 16.1 Å². The van der Waals surface area contributed by atoms with Crippen molar-refractivity contribution in [3.05, 3.63) is 30.5 Å². The Kier molecular flexibility index (Phi) is 9.98. The standard InChI is InChI=1S/C18H26N4O2.2ClH/c1-19-6-4-18(23)20-16-2-3-17-15(14-16)5-7-22(17)9-8-21-10-12-24-13-11-21;;/h2-3,5,7,14,19H,4,6,8-13H2,1H3,(H,20,23);2*1H. The van der Waals surface area contributed by atoms with Crippen LogP contribution in [0.25, 0.3) is 10.9 Å². The van der Waals surface area contributed by atoms with Crippen LogP contribution >= 0.6 is 24.8 Å². The number of anilines is 1. The van der Waals surface area contributed by atoms with E-state index in [4.69, 9.17) is 4.74 Å². The number of morpholine rings is 1. The van der Waals surface area contributed by atoms with Gasteiger partial charge in [-0.3, -0.25) is 9.69 Å². The van der Waals surface area contributed by atoms with Crippen molar-refractivity contribution in [2.45, 2.75) is 13.0 Å². The molecule has 0 spiro atoms. The third-order valence-electron chi connectivity index (χ3n) is 4.42. The molecule has 1 aromatic heterocycles. The molecule has 0 saturated carbocycles. The van der Waals surface area contributed by atoms with E-state index in [1.165, 1.54) is 5.52 Å². The number of hydrogen-bond acceptors (Lipinski definition) is 4. The molecule has 0 aliphatic carbocycles. The van der Waals surface area contributed by atoms with E-state index in [0.29, 0.717) is 13.0 Å². The molecule has 2 aromatic rings. The molecule has 146 valence electrons. The van der Waals surface area contributed by atoms with Gasteiger partial charge in [0.25, 0.3) is 0 Å². The number of carbonyl (C=O) groups is 1. The van der Waals surface area contributed by atoms with Gasteiger partial charge in [0.15, 0.2) is 0 Å². The molecule has 0 bridgehead atoms. The first-order chi connectivity index (χ1) is 11.8. The Balaban J connectivity index is 0.00000169. The lowest BCUT2D eigenvalue weighted by Crippen LogP contribution is -2.38. The molecule has 1 amide bonds. The number of carbonyl (C=O) groups excluding carboxylic acids is 1. The molecule has 1 aliphatic rings. The number of hydrogen-bond donors (Lipinski definition) is 2. The molecule has 3 rings (SSSR count). The van der Waals surface area contributed by atoms with Gasteiger partial charge in [0, 0.05) is 61.9 Å². The minimum Gasteiger partial charge on any atom is -0.379 e. The molecule has 1 aromatic carbocycles. The van der Waals surface area contributed by atoms with Crippen LogP contribution in [0.4, 0.5) is 5.69 Å². The van der Waals surface area contributed by atoms with Gasteiger partial charge in [-0.1, -0.05) is 0 Å². The Morgan fingerprint density at radius 1 is 1.15 bits per heavy atom. The quantitative estimate of drug-likeness (QED) is 0.746. The monoisotopic (exact) mass is 402 g/mol. The zero-order chi connectivity index (χ0) is 16.8. The second-order valence-corrected chi connectivity index (χ2v) is 6.14. The number of amides is 1. The van der Waals surface area contributed by atoms with Crippen molar-refractivity contribution < 1.29 is 9.53 Å². The van der Waals surface area contributed by atoms with E-state index in [1.807, 2.05) is 19.2 Å². The van der Waals surface area contributed by atoms with Gasteiger partial charge >= 0.3 is 0 Å². The lowest BCUT2D eigenvalue weighted by atomic mass is 10.2. The van der Waals surface area contributed by atoms with Crippen LogP contribution in [0.15, 0.2) is 30.5 Å². The molecular weight excluding hydrogens is 375 g/mol. The van der Waals surface area contributed by atoms with E-state index in [0.717, 1.165) is 50.5 Å². The molecule has 0 unspecified atom stereocenters. The Hall–Kier alpha value is -1.31. The van der Waals surface area contributed by atoms with Crippen molar-refractivity contribution in [2.24, 2.45) is 0 Å². The second kappa shape index (κ2) is 11.4. The van der Waals surface area contributed by atoms with Gasteiger partial charge in [0.1, 0.15) is 0 Å². The summed E-state index contributed by atoms with van der Waals surface area (Å²) in [4.78, 5) is 14.3. The van der Waals surface area contributed by atoms with E-state index < -0.39 is 0 Å². The number of fused-ring (bicyclic) bond motifs is 1.